The number of benzene rings is 12. The van der Waals surface area contributed by atoms with Crippen molar-refractivity contribution in [3.63, 3.8) is 0 Å². The van der Waals surface area contributed by atoms with E-state index in [0.717, 1.165) is 106 Å². The molecule has 20 rings (SSSR count). The van der Waals surface area contributed by atoms with E-state index in [9.17, 15) is 0 Å². The molecule has 12 aromatic carbocycles. The summed E-state index contributed by atoms with van der Waals surface area (Å²) in [5, 5.41) is 0. The number of rotatable bonds is 0. The van der Waals surface area contributed by atoms with Crippen LogP contribution in [0.2, 0.25) is 0 Å². The van der Waals surface area contributed by atoms with Crippen molar-refractivity contribution in [1.82, 2.24) is 0 Å². The van der Waals surface area contributed by atoms with Crippen molar-refractivity contribution in [3.8, 4) is 0 Å². The summed E-state index contributed by atoms with van der Waals surface area (Å²) in [6, 6.07) is 121. The Morgan fingerprint density at radius 3 is 0.174 bits per heavy atom. The molecule has 0 bridgehead atoms. The molecule has 12 aromatic rings. The molecular formula is C104H124O8S6Se12Sm8. The largest absolute Gasteiger partial charge is 3.00 e. The maximum Gasteiger partial charge on any atom is 3.00 e. The summed E-state index contributed by atoms with van der Waals surface area (Å²) >= 11 is 34.8. The summed E-state index contributed by atoms with van der Waals surface area (Å²) < 4.78 is 53.9. The van der Waals surface area contributed by atoms with Gasteiger partial charge < -0.3 is 119 Å². The summed E-state index contributed by atoms with van der Waals surface area (Å²) in [6.45, 7) is 16.0. The van der Waals surface area contributed by atoms with Crippen LogP contribution in [0.15, 0.2) is 364 Å². The molecule has 8 fully saturated rings. The fourth-order valence-corrected chi connectivity index (χ4v) is 13.1. The standard InChI is InChI=1S/12C6H6Se.8C4H8O.6S.8Sm/c12*7-6-4-2-1-3-5-6;8*1-2-4-5-3-1;;;;;;;;;;;;;;/h12*1-5,7H;8*1-4H2;;;;;;;;;;;;;;/q;;;;;;;;;;;;;;;;;;;;6*-2;8*+3/p-12. The van der Waals surface area contributed by atoms with E-state index in [0.29, 0.717) is 0 Å². The zero-order chi connectivity index (χ0) is 89.6. The van der Waals surface area contributed by atoms with Gasteiger partial charge in [-0.1, -0.05) is 0 Å². The van der Waals surface area contributed by atoms with Gasteiger partial charge in [0.1, 0.15) is 0 Å². The molecular weight excluding hydrogens is 3720 g/mol. The Kier molecular flexibility index (Phi) is 188. The van der Waals surface area contributed by atoms with Crippen molar-refractivity contribution in [2.24, 2.45) is 0 Å². The SMILES string of the molecule is C1CCOC1.C1CCOC1.C1CCOC1.C1CCOC1.C1CCOC1.C1CCOC1.C1CCOC1.C1CCOC1.[S-2].[S-2].[S-2].[S-2].[S-2].[S-2].[Se-]c1ccccc1.[Se-]c1ccccc1.[Se-]c1ccccc1.[Se-]c1ccccc1.[Se-]c1ccccc1.[Se-]c1ccccc1.[Se-]c1ccccc1.[Se-]c1ccccc1.[Se-]c1ccccc1.[Se-]c1ccccc1.[Se-]c1ccccc1.[Se-]c1ccccc1.[Sm+3].[Sm+3].[Sm+3].[Sm+3].[Sm+3].[Sm+3].[Sm+3].[Sm+3]. The van der Waals surface area contributed by atoms with Gasteiger partial charge in [0, 0.05) is 106 Å². The van der Waals surface area contributed by atoms with Crippen LogP contribution in [0.4, 0.5) is 0 Å². The number of ether oxygens (including phenoxy) is 8. The van der Waals surface area contributed by atoms with Crippen molar-refractivity contribution in [1.29, 1.82) is 0 Å². The van der Waals surface area contributed by atoms with E-state index in [4.69, 9.17) is 37.9 Å². The van der Waals surface area contributed by atoms with Gasteiger partial charge in [-0.3, -0.25) is 0 Å². The van der Waals surface area contributed by atoms with E-state index in [2.05, 4.69) is 192 Å². The molecule has 0 aliphatic carbocycles. The van der Waals surface area contributed by atoms with E-state index < -0.39 is 0 Å². The minimum Gasteiger partial charge on any atom is 3.00 e. The molecule has 0 spiro atoms. The fourth-order valence-electron chi connectivity index (χ4n) is 9.13. The summed E-state index contributed by atoms with van der Waals surface area (Å²) in [5.74, 6) is 0. The van der Waals surface area contributed by atoms with Crippen LogP contribution in [0.25, 0.3) is 0 Å². The molecule has 8 aliphatic rings. The average molecular weight is 3840 g/mol. The first kappa shape index (κ1) is 177. The van der Waals surface area contributed by atoms with E-state index in [1.165, 1.54) is 156 Å². The van der Waals surface area contributed by atoms with Gasteiger partial charge in [-0.05, 0) is 103 Å². The summed E-state index contributed by atoms with van der Waals surface area (Å²) in [5.41, 5.74) is 0. The van der Waals surface area contributed by atoms with Crippen molar-refractivity contribution in [3.05, 3.63) is 364 Å². The van der Waals surface area contributed by atoms with Gasteiger partial charge in [-0.2, -0.15) is 0 Å². The molecule has 8 radical (unpaired) electrons. The Labute approximate surface area is 1230 Å². The number of hydrogen-bond acceptors (Lipinski definition) is 8. The first-order chi connectivity index (χ1) is 60.7. The van der Waals surface area contributed by atoms with Gasteiger partial charge >= 0.3 is 933 Å². The van der Waals surface area contributed by atoms with E-state index >= 15 is 0 Å². The van der Waals surface area contributed by atoms with Gasteiger partial charge in [0.25, 0.3) is 0 Å². The monoisotopic (exact) mass is 3870 g/mol. The Bertz CT molecular complexity index is 3080. The third kappa shape index (κ3) is 143. The Balaban J connectivity index is -0.0000000973. The van der Waals surface area contributed by atoms with Gasteiger partial charge in [-0.15, -0.1) is 0 Å². The zero-order valence-corrected chi connectivity index (χ0v) is 124. The first-order valence-electron chi connectivity index (χ1n) is 42.0. The van der Waals surface area contributed by atoms with Crippen molar-refractivity contribution >= 4 is 327 Å². The molecule has 8 nitrogen and oxygen atoms in total. The normalized spacial score (nSPS) is 12.2. The molecule has 0 atom stereocenters. The molecule has 138 heavy (non-hydrogen) atoms. The third-order valence-corrected chi connectivity index (χ3v) is 22.4. The molecule has 0 amide bonds. The van der Waals surface area contributed by atoms with Gasteiger partial charge in [0.15, 0.2) is 0 Å². The molecule has 8 saturated heterocycles. The molecule has 8 aliphatic heterocycles. The van der Waals surface area contributed by atoms with Crippen LogP contribution in [-0.2, 0) is 119 Å². The second-order valence-corrected chi connectivity index (χ2v) is 38.2. The van der Waals surface area contributed by atoms with E-state index in [-0.39, 0.29) is 404 Å². The second kappa shape index (κ2) is 146. The van der Waals surface area contributed by atoms with Crippen molar-refractivity contribution < 1.29 is 361 Å². The Hall–Kier alpha value is 9.36. The van der Waals surface area contributed by atoms with Crippen LogP contribution >= 0.6 is 0 Å². The maximum absolute atomic E-state index is 4.94. The molecule has 0 aromatic heterocycles. The molecule has 0 unspecified atom stereocenters. The number of hydrogen-bond donors (Lipinski definition) is 0. The van der Waals surface area contributed by atoms with Crippen LogP contribution in [-0.4, -0.2) is 298 Å². The molecule has 0 N–H and O–H groups in total. The van der Waals surface area contributed by atoms with Crippen LogP contribution in [0, 0.1) is 323 Å². The van der Waals surface area contributed by atoms with Gasteiger partial charge in [-0.25, -0.2) is 0 Å². The third-order valence-electron chi connectivity index (χ3n) is 15.5. The van der Waals surface area contributed by atoms with Crippen LogP contribution in [0.3, 0.4) is 0 Å². The Morgan fingerprint density at radius 2 is 0.152 bits per heavy atom. The summed E-state index contributed by atoms with van der Waals surface area (Å²) in [4.78, 5) is 0. The van der Waals surface area contributed by atoms with Crippen LogP contribution in [0.5, 0.6) is 0 Å². The molecule has 744 valence electrons. The van der Waals surface area contributed by atoms with Crippen LogP contribution in [0.1, 0.15) is 103 Å². The molecule has 8 heterocycles. The van der Waals surface area contributed by atoms with E-state index in [1.54, 1.807) is 0 Å². The zero-order valence-electron chi connectivity index (χ0n) is 77.1. The Morgan fingerprint density at radius 1 is 0.101 bits per heavy atom. The van der Waals surface area contributed by atoms with Gasteiger partial charge in [0.05, 0.1) is 0 Å². The average Bonchev–Trinajstić information content (AvgIpc) is 1.91. The summed E-state index contributed by atoms with van der Waals surface area (Å²) in [6.07, 6.45) is 20.4. The van der Waals surface area contributed by atoms with Gasteiger partial charge in [0.2, 0.25) is 0 Å². The predicted octanol–water partition coefficient (Wildman–Crippen LogP) is 12.1. The maximum atomic E-state index is 4.94. The van der Waals surface area contributed by atoms with Crippen molar-refractivity contribution in [2.75, 3.05) is 106 Å². The molecule has 0 saturated carbocycles. The second-order valence-electron chi connectivity index (χ2n) is 26.3. The molecule has 34 heteroatoms. The quantitative estimate of drug-likeness (QED) is 0.139. The minimum atomic E-state index is 0. The topological polar surface area (TPSA) is 73.8 Å². The van der Waals surface area contributed by atoms with Crippen molar-refractivity contribution in [2.45, 2.75) is 103 Å². The van der Waals surface area contributed by atoms with E-state index in [1.807, 2.05) is 364 Å². The smallest absolute Gasteiger partial charge is 3.00 e. The minimum absolute atomic E-state index is 0. The predicted molar refractivity (Wildman–Crippen MR) is 587 cm³/mol. The van der Waals surface area contributed by atoms with Crippen LogP contribution < -0.4 is 53.5 Å². The fraction of sp³-hybridized carbons (Fsp3) is 0.308. The first-order valence-corrected chi connectivity index (χ1v) is 52.3. The summed E-state index contributed by atoms with van der Waals surface area (Å²) in [7, 11) is 0.